The molecule has 2 heterocycles. The molecule has 1 fully saturated rings. The number of nitrogens with two attached hydrogens (primary N) is 4. The Hall–Kier alpha value is -6.96. The number of Topliss-reactive ketones (excluding diaryl/α,β-unsaturated/α-hetero) is 3. The summed E-state index contributed by atoms with van der Waals surface area (Å²) in [6.07, 6.45) is 2.70. The van der Waals surface area contributed by atoms with Crippen molar-refractivity contribution in [2.24, 2.45) is 45.7 Å². The van der Waals surface area contributed by atoms with Crippen LogP contribution in [-0.2, 0) is 56.0 Å². The number of H-pyrrole nitrogens is 1. The van der Waals surface area contributed by atoms with E-state index in [0.717, 1.165) is 22.9 Å². The number of hydrogen-bond acceptors (Lipinski definition) is 11. The molecule has 4 rings (SSSR count). The molecule has 0 radical (unpaired) electrons. The number of para-hydroxylation sites is 1. The zero-order chi connectivity index (χ0) is 51.9. The third-order valence-electron chi connectivity index (χ3n) is 12.8. The Labute approximate surface area is 414 Å². The van der Waals surface area contributed by atoms with E-state index in [2.05, 4.69) is 36.6 Å². The normalized spacial score (nSPS) is 20.7. The van der Waals surface area contributed by atoms with Gasteiger partial charge in [0.2, 0.25) is 35.4 Å². The first kappa shape index (κ1) is 56.6. The summed E-state index contributed by atoms with van der Waals surface area (Å²) in [5.74, 6) is -8.35. The molecule has 1 aliphatic rings. The predicted octanol–water partition coefficient (Wildman–Crippen LogP) is 1.41. The van der Waals surface area contributed by atoms with E-state index in [0.29, 0.717) is 12.0 Å². The zero-order valence-corrected chi connectivity index (χ0v) is 41.0. The number of amides is 6. The third kappa shape index (κ3) is 19.0. The van der Waals surface area contributed by atoms with Gasteiger partial charge < -0.3 is 54.5 Å². The van der Waals surface area contributed by atoms with Crippen molar-refractivity contribution < 1.29 is 43.2 Å². The number of rotatable bonds is 21. The predicted molar refractivity (Wildman–Crippen MR) is 269 cm³/mol. The molecule has 20 nitrogen and oxygen atoms in total. The molecule has 1 aromatic heterocycles. The fourth-order valence-corrected chi connectivity index (χ4v) is 8.79. The van der Waals surface area contributed by atoms with Crippen LogP contribution >= 0.6 is 0 Å². The summed E-state index contributed by atoms with van der Waals surface area (Å²) >= 11 is 0. The van der Waals surface area contributed by atoms with Gasteiger partial charge in [-0.3, -0.25) is 48.1 Å². The van der Waals surface area contributed by atoms with Gasteiger partial charge in [-0.1, -0.05) is 68.3 Å². The average molecular weight is 984 g/mol. The topological polar surface area (TPSA) is 346 Å². The van der Waals surface area contributed by atoms with Crippen molar-refractivity contribution in [1.82, 2.24) is 31.6 Å². The van der Waals surface area contributed by atoms with Crippen LogP contribution in [0.25, 0.3) is 10.9 Å². The van der Waals surface area contributed by atoms with Crippen LogP contribution < -0.4 is 49.5 Å². The maximum atomic E-state index is 14.6. The van der Waals surface area contributed by atoms with Gasteiger partial charge in [-0.05, 0) is 81.5 Å². The van der Waals surface area contributed by atoms with Crippen LogP contribution in [0.4, 0.5) is 0 Å². The van der Waals surface area contributed by atoms with Gasteiger partial charge in [0.25, 0.3) is 0 Å². The highest BCUT2D eigenvalue weighted by Gasteiger charge is 2.35. The number of carbonyl (C=O) groups is 9. The Morgan fingerprint density at radius 2 is 1.55 bits per heavy atom. The van der Waals surface area contributed by atoms with Gasteiger partial charge in [0.1, 0.15) is 29.7 Å². The van der Waals surface area contributed by atoms with Crippen LogP contribution in [-0.4, -0.2) is 108 Å². The van der Waals surface area contributed by atoms with Crippen molar-refractivity contribution in [1.29, 1.82) is 0 Å². The summed E-state index contributed by atoms with van der Waals surface area (Å²) in [7, 11) is 0. The molecule has 1 aliphatic heterocycles. The van der Waals surface area contributed by atoms with E-state index in [1.54, 1.807) is 36.5 Å². The maximum absolute atomic E-state index is 14.6. The molecule has 7 atom stereocenters. The van der Waals surface area contributed by atoms with Crippen LogP contribution in [0.3, 0.4) is 0 Å². The minimum atomic E-state index is -1.36. The Balaban J connectivity index is 1.74. The number of aromatic nitrogens is 1. The fourth-order valence-electron chi connectivity index (χ4n) is 8.79. The van der Waals surface area contributed by atoms with Crippen molar-refractivity contribution in [2.45, 2.75) is 134 Å². The zero-order valence-electron chi connectivity index (χ0n) is 41.0. The molecule has 71 heavy (non-hydrogen) atoms. The quantitative estimate of drug-likeness (QED) is 0.0412. The van der Waals surface area contributed by atoms with Crippen molar-refractivity contribution in [3.63, 3.8) is 0 Å². The second-order valence-electron chi connectivity index (χ2n) is 18.4. The first-order valence-corrected chi connectivity index (χ1v) is 24.7. The van der Waals surface area contributed by atoms with E-state index in [1.807, 2.05) is 31.2 Å². The monoisotopic (exact) mass is 984 g/mol. The van der Waals surface area contributed by atoms with E-state index in [-0.39, 0.29) is 109 Å². The largest absolute Gasteiger partial charge is 0.370 e. The second kappa shape index (κ2) is 29.3. The highest BCUT2D eigenvalue weighted by molar-refractivity contribution is 5.98. The molecule has 0 aliphatic carbocycles. The first-order valence-electron chi connectivity index (χ1n) is 24.7. The summed E-state index contributed by atoms with van der Waals surface area (Å²) in [6.45, 7) is 3.39. The number of guanidine groups is 1. The number of nitrogens with zero attached hydrogens (tertiary/aromatic N) is 1. The van der Waals surface area contributed by atoms with E-state index >= 15 is 0 Å². The molecule has 0 spiro atoms. The number of hydrogen-bond donors (Lipinski definition) is 10. The Morgan fingerprint density at radius 1 is 0.831 bits per heavy atom. The van der Waals surface area contributed by atoms with Gasteiger partial charge in [-0.25, -0.2) is 0 Å². The number of ketones is 3. The van der Waals surface area contributed by atoms with Gasteiger partial charge in [-0.15, -0.1) is 0 Å². The van der Waals surface area contributed by atoms with E-state index < -0.39 is 94.7 Å². The van der Waals surface area contributed by atoms with Crippen molar-refractivity contribution >= 4 is 69.7 Å². The van der Waals surface area contributed by atoms with Crippen LogP contribution in [0.2, 0.25) is 0 Å². The molecule has 386 valence electrons. The third-order valence-corrected chi connectivity index (χ3v) is 12.8. The molecular weight excluding hydrogens is 911 g/mol. The minimum absolute atomic E-state index is 0.0265. The minimum Gasteiger partial charge on any atom is -0.370 e. The number of aliphatic imine (C=N–C) groups is 1. The maximum Gasteiger partial charge on any atom is 0.243 e. The van der Waals surface area contributed by atoms with E-state index in [4.69, 9.17) is 22.9 Å². The van der Waals surface area contributed by atoms with Crippen molar-refractivity contribution in [3.8, 4) is 0 Å². The number of nitrogens with one attached hydrogen (secondary N) is 6. The Morgan fingerprint density at radius 3 is 2.24 bits per heavy atom. The number of benzene rings is 2. The molecule has 20 heteroatoms. The highest BCUT2D eigenvalue weighted by atomic mass is 16.2. The molecule has 14 N–H and O–H groups in total. The summed E-state index contributed by atoms with van der Waals surface area (Å²) in [5.41, 5.74) is 25.2. The van der Waals surface area contributed by atoms with Crippen LogP contribution in [0.5, 0.6) is 0 Å². The van der Waals surface area contributed by atoms with E-state index in [9.17, 15) is 43.2 Å². The summed E-state index contributed by atoms with van der Waals surface area (Å²) in [5, 5.41) is 14.5. The molecule has 0 bridgehead atoms. The van der Waals surface area contributed by atoms with Crippen molar-refractivity contribution in [3.05, 3.63) is 71.9 Å². The fraction of sp³-hybridized carbons (Fsp3) is 0.529. The lowest BCUT2D eigenvalue weighted by Crippen LogP contribution is -2.58. The van der Waals surface area contributed by atoms with Gasteiger partial charge >= 0.3 is 0 Å². The van der Waals surface area contributed by atoms with Crippen LogP contribution in [0, 0.1) is 17.8 Å². The lowest BCUT2D eigenvalue weighted by molar-refractivity contribution is -0.135. The van der Waals surface area contributed by atoms with Gasteiger partial charge in [0, 0.05) is 80.6 Å². The number of primary amides is 1. The summed E-state index contributed by atoms with van der Waals surface area (Å²) in [6, 6.07) is 11.6. The van der Waals surface area contributed by atoms with Crippen LogP contribution in [0.1, 0.15) is 108 Å². The number of fused-ring (bicyclic) bond motifs is 1. The molecule has 6 amide bonds. The average Bonchev–Trinajstić information content (AvgIpc) is 3.74. The number of aromatic amines is 1. The Kier molecular flexibility index (Phi) is 23.3. The summed E-state index contributed by atoms with van der Waals surface area (Å²) < 4.78 is 0. The Bertz CT molecular complexity index is 2330. The van der Waals surface area contributed by atoms with Gasteiger partial charge in [0.15, 0.2) is 11.7 Å². The standard InChI is InChI=1S/C51H73N11O9/c1-3-4-16-39(59-31(2)63)48(69)61-41-19-20-46(67)56-24-21-34(44(65)29-35(47(53)68)26-36-30-58-38-17-9-8-15-37(36)38)27-43(64)33(14-11-23-57-51(54)55)28-45(66)42(25-32-12-6-5-7-13-32)62-49(70)40(18-10-22-52)60-50(41)71/h5-9,12-13,15,17,30,33-35,39-42,58H,3-4,10-11,14,16,18-29,52H2,1-2H3,(H2,53,68)(H,56,67)(H,59,63)(H,60,71)(H,61,69)(H,62,70)(H4,54,55,57)/t33-,34-,35-,39+,40+,41+,42-/m1/s1. The first-order chi connectivity index (χ1) is 34.0. The van der Waals surface area contributed by atoms with Gasteiger partial charge in [0.05, 0.1) is 6.04 Å². The molecule has 0 saturated carbocycles. The van der Waals surface area contributed by atoms with Gasteiger partial charge in [-0.2, -0.15) is 0 Å². The SMILES string of the molecule is CCCC[C@H](NC(C)=O)C(=O)N[C@H]1CCC(=O)NCC[C@@H](C(=O)C[C@@H](Cc2c[nH]c3ccccc23)C(N)=O)CC(=O)[C@H](CCCN=C(N)N)CC(=O)[C@@H](Cc2ccccc2)NC(=O)[C@H](CCCN)NC1=O. The molecule has 0 unspecified atom stereocenters. The second-order valence-corrected chi connectivity index (χ2v) is 18.4. The van der Waals surface area contributed by atoms with Crippen LogP contribution in [0.15, 0.2) is 65.8 Å². The molecule has 1 saturated heterocycles. The van der Waals surface area contributed by atoms with Crippen molar-refractivity contribution in [2.75, 3.05) is 19.6 Å². The molecular formula is C51H73N11O9. The summed E-state index contributed by atoms with van der Waals surface area (Å²) in [4.78, 5) is 132. The van der Waals surface area contributed by atoms with E-state index in [1.165, 1.54) is 6.92 Å². The number of carbonyl (C=O) groups excluding carboxylic acids is 9. The molecule has 3 aromatic rings. The lowest BCUT2D eigenvalue weighted by atomic mass is 9.81. The number of unbranched alkanes of at least 4 members (excludes halogenated alkanes) is 1. The molecule has 2 aromatic carbocycles. The lowest BCUT2D eigenvalue weighted by Gasteiger charge is -2.27. The highest BCUT2D eigenvalue weighted by Crippen LogP contribution is 2.27. The smallest absolute Gasteiger partial charge is 0.243 e.